The molecule has 5 aliphatic rings. The first-order valence-corrected chi connectivity index (χ1v) is 48.2. The van der Waals surface area contributed by atoms with Crippen molar-refractivity contribution in [1.29, 1.82) is 0 Å². The Morgan fingerprint density at radius 3 is 1.23 bits per heavy atom. The molecule has 3 saturated heterocycles. The summed E-state index contributed by atoms with van der Waals surface area (Å²) in [5.41, 5.74) is 7.09. The molecule has 0 bridgehead atoms. The van der Waals surface area contributed by atoms with Crippen LogP contribution >= 0.6 is 31.9 Å². The predicted molar refractivity (Wildman–Crippen MR) is 503 cm³/mol. The van der Waals surface area contributed by atoms with E-state index in [0.29, 0.717) is 176 Å². The first-order chi connectivity index (χ1) is 60.0. The molecule has 5 fully saturated rings. The van der Waals surface area contributed by atoms with Gasteiger partial charge in [-0.15, -0.1) is 0 Å². The summed E-state index contributed by atoms with van der Waals surface area (Å²) >= 11 is 6.82. The van der Waals surface area contributed by atoms with Crippen LogP contribution in [0.4, 0.5) is 0 Å². The van der Waals surface area contributed by atoms with Crippen LogP contribution in [0.25, 0.3) is 65.8 Å². The maximum Gasteiger partial charge on any atom is 0.264 e. The monoisotopic (exact) mass is 1860 g/mol. The lowest BCUT2D eigenvalue weighted by Gasteiger charge is -2.39. The summed E-state index contributed by atoms with van der Waals surface area (Å²) < 4.78 is 70.8. The molecule has 0 spiro atoms. The molecule has 125 heavy (non-hydrogen) atoms. The second kappa shape index (κ2) is 45.4. The molecular formula is C99H123Br2N7O16S. The molecule has 2 aliphatic carbocycles. The number of nitrogens with zero attached hydrogens (tertiary/aromatic N) is 4. The third-order valence-corrected chi connectivity index (χ3v) is 25.7. The van der Waals surface area contributed by atoms with E-state index >= 15 is 0 Å². The highest BCUT2D eigenvalue weighted by Crippen LogP contribution is 2.36. The Labute approximate surface area is 750 Å². The molecule has 3 aliphatic heterocycles. The Morgan fingerprint density at radius 1 is 0.464 bits per heavy atom. The number of ether oxygens (including phenoxy) is 4. The summed E-state index contributed by atoms with van der Waals surface area (Å²) in [5.74, 6) is 3.13. The van der Waals surface area contributed by atoms with Gasteiger partial charge in [0, 0.05) is 107 Å². The van der Waals surface area contributed by atoms with Gasteiger partial charge in [0.2, 0.25) is 28.1 Å². The van der Waals surface area contributed by atoms with Crippen LogP contribution in [-0.4, -0.2) is 139 Å². The van der Waals surface area contributed by atoms with Gasteiger partial charge in [0.25, 0.3) is 10.1 Å². The van der Waals surface area contributed by atoms with Crippen LogP contribution in [0, 0.1) is 20.8 Å². The minimum Gasteiger partial charge on any atom is -0.506 e. The average molecular weight is 1860 g/mol. The van der Waals surface area contributed by atoms with Gasteiger partial charge in [-0.1, -0.05) is 76.8 Å². The quantitative estimate of drug-likeness (QED) is 0.0222. The zero-order valence-electron chi connectivity index (χ0n) is 74.0. The third-order valence-electron chi connectivity index (χ3n) is 24.1. The SMILES string of the molecule is C[C@@H]1CCC[C@H](C)N1.Cc1cc(OCCCN2[C@H](C)CCC[C@@H]2C)c2oc3cc(Br)ccc3c(=O)c2c1.Cc1cc(OCCCN2[C@H](C)CCC[C@@H]2C)c2oc3cc(Oc4ccc(CCC(=O)NC5CCCC5)nc4)ccc3c(=O)c2c1.Cc1cc(OCCCOS(C)(=O)=O)c2oc3cc(Br)ccc3c(=O)c2c1.O=C(CCc1ccc(O)cn1)NC1CCCC1. The lowest BCUT2D eigenvalue weighted by molar-refractivity contribution is -0.122. The predicted octanol–water partition coefficient (Wildman–Crippen LogP) is 20.6. The highest BCUT2D eigenvalue weighted by Gasteiger charge is 2.28. The van der Waals surface area contributed by atoms with Crippen LogP contribution in [0.15, 0.2) is 164 Å². The number of aryl methyl sites for hydroxylation is 5. The molecule has 0 radical (unpaired) electrons. The molecular weight excluding hydrogens is 1730 g/mol. The highest BCUT2D eigenvalue weighted by molar-refractivity contribution is 9.10. The molecule has 4 N–H and O–H groups in total. The van der Waals surface area contributed by atoms with Gasteiger partial charge in [0.1, 0.15) is 34.0 Å². The van der Waals surface area contributed by atoms with Crippen molar-refractivity contribution in [1.82, 2.24) is 35.7 Å². The van der Waals surface area contributed by atoms with E-state index in [1.165, 1.54) is 89.7 Å². The van der Waals surface area contributed by atoms with Gasteiger partial charge in [-0.3, -0.25) is 47.9 Å². The van der Waals surface area contributed by atoms with Crippen molar-refractivity contribution in [2.75, 3.05) is 45.8 Å². The Kier molecular flexibility index (Phi) is 34.5. The fraction of sp³-hybridized carbons (Fsp3) is 0.485. The molecule has 670 valence electrons. The molecule has 6 atom stereocenters. The first kappa shape index (κ1) is 94.8. The number of halogens is 2. The van der Waals surface area contributed by atoms with Crippen LogP contribution in [0.2, 0.25) is 0 Å². The molecule has 8 heterocycles. The summed E-state index contributed by atoms with van der Waals surface area (Å²) in [6.07, 6.45) is 29.5. The maximum absolute atomic E-state index is 13.5. The lowest BCUT2D eigenvalue weighted by Crippen LogP contribution is -2.44. The largest absolute Gasteiger partial charge is 0.506 e. The van der Waals surface area contributed by atoms with E-state index in [4.69, 9.17) is 37.3 Å². The minimum absolute atomic E-state index is 0.0155. The second-order valence-electron chi connectivity index (χ2n) is 34.6. The van der Waals surface area contributed by atoms with Gasteiger partial charge in [-0.2, -0.15) is 8.42 Å². The van der Waals surface area contributed by atoms with Gasteiger partial charge in [0.05, 0.1) is 77.4 Å². The Morgan fingerprint density at radius 2 is 0.848 bits per heavy atom. The van der Waals surface area contributed by atoms with Crippen LogP contribution in [-0.2, 0) is 36.7 Å². The van der Waals surface area contributed by atoms with Gasteiger partial charge in [-0.05, 0) is 278 Å². The number of rotatable bonds is 26. The van der Waals surface area contributed by atoms with E-state index in [1.54, 1.807) is 72.9 Å². The van der Waals surface area contributed by atoms with Crippen LogP contribution in [0.3, 0.4) is 0 Å². The average Bonchev–Trinajstić information content (AvgIpc) is 1.06. The van der Waals surface area contributed by atoms with Gasteiger partial charge in [-0.25, -0.2) is 0 Å². The van der Waals surface area contributed by atoms with E-state index < -0.39 is 10.1 Å². The van der Waals surface area contributed by atoms with Crippen LogP contribution < -0.4 is 51.2 Å². The van der Waals surface area contributed by atoms with Crippen molar-refractivity contribution in [2.45, 2.75) is 265 Å². The van der Waals surface area contributed by atoms with Crippen molar-refractivity contribution in [3.05, 3.63) is 195 Å². The Bertz CT molecular complexity index is 5770. The topological polar surface area (TPSA) is 294 Å². The smallest absolute Gasteiger partial charge is 0.264 e. The molecule has 2 saturated carbocycles. The number of hydrogen-bond acceptors (Lipinski definition) is 21. The van der Waals surface area contributed by atoms with E-state index in [9.17, 15) is 32.4 Å². The summed E-state index contributed by atoms with van der Waals surface area (Å²) in [4.78, 5) is 76.9. The first-order valence-electron chi connectivity index (χ1n) is 44.8. The van der Waals surface area contributed by atoms with E-state index in [1.807, 2.05) is 69.3 Å². The zero-order valence-corrected chi connectivity index (χ0v) is 78.0. The highest BCUT2D eigenvalue weighted by atomic mass is 79.9. The summed E-state index contributed by atoms with van der Waals surface area (Å²) in [7, 11) is -3.46. The molecule has 6 aromatic carbocycles. The maximum atomic E-state index is 13.5. The lowest BCUT2D eigenvalue weighted by atomic mass is 9.97. The van der Waals surface area contributed by atoms with Crippen molar-refractivity contribution in [2.24, 2.45) is 0 Å². The molecule has 11 aromatic rings. The minimum atomic E-state index is -3.46. The third kappa shape index (κ3) is 27.4. The molecule has 16 rings (SSSR count). The fourth-order valence-electron chi connectivity index (χ4n) is 17.6. The van der Waals surface area contributed by atoms with Gasteiger partial charge in [0.15, 0.2) is 34.0 Å². The summed E-state index contributed by atoms with van der Waals surface area (Å²) in [5, 5.41) is 21.8. The molecule has 23 nitrogen and oxygen atoms in total. The number of aromatic nitrogens is 2. The number of amides is 2. The van der Waals surface area contributed by atoms with Crippen molar-refractivity contribution >= 4 is 120 Å². The number of nitrogens with one attached hydrogen (secondary N) is 3. The number of aromatic hydroxyl groups is 1. The Balaban J connectivity index is 0.000000154. The standard InChI is InChI=1S/C37H45N3O5.C24H28BrNO3.C18H17BrO6S.C13H18N2O2.C7H15N/c1-24-20-32-36(42)31-16-15-29(44-30-14-12-27(38-23-30)13-17-35(41)39-28-10-4-5-11-28)22-33(31)45-37(32)34(21-24)43-19-7-18-40-25(2)8-6-9-26(40)3;1-15-12-20-23(27)19-9-8-18(25)14-21(19)29-24(20)22(13-15)28-11-5-10-26-16(2)6-4-7-17(26)3;1-11-8-14-17(20)13-5-4-12(19)10-15(13)25-18(14)16(9-11)23-6-3-7-24-26(2,21)22;16-12-7-5-10(14-9-12)6-8-13(17)15-11-3-1-2-4-11;1-6-4-3-5-7(2)8-6/h12,14-16,20-23,25-26,28H,4-11,13,17-19H2,1-3H3,(H,39,41);8-9,12-14,16-17H,4-7,10-11H2,1-3H3;4-5,8-10H,3,6-7H2,1-2H3;5,7,9,11,16H,1-4,6,8H2,(H,15,17);6-8H,3-5H2,1-2H3/t25-,26+;16-,17+;;;6-,7+. The van der Waals surface area contributed by atoms with Gasteiger partial charge >= 0.3 is 0 Å². The van der Waals surface area contributed by atoms with Crippen LogP contribution in [0.1, 0.15) is 211 Å². The fourth-order valence-corrected chi connectivity index (χ4v) is 18.7. The number of carbonyl (C=O) groups excluding carboxylic acids is 2. The summed E-state index contributed by atoms with van der Waals surface area (Å²) in [6, 6.07) is 39.0. The number of fused-ring (bicyclic) bond motifs is 6. The van der Waals surface area contributed by atoms with Crippen LogP contribution in [0.5, 0.6) is 34.5 Å². The Hall–Kier alpha value is -9.28. The normalized spacial score (nSPS) is 18.9. The number of likely N-dealkylation sites (tertiary alicyclic amines) is 2. The van der Waals surface area contributed by atoms with Crippen molar-refractivity contribution in [3.8, 4) is 34.5 Å². The number of carbonyl (C=O) groups is 2. The van der Waals surface area contributed by atoms with E-state index in [-0.39, 0.29) is 47.1 Å². The van der Waals surface area contributed by atoms with E-state index in [0.717, 1.165) is 107 Å². The molecule has 0 unspecified atom stereocenters. The molecule has 26 heteroatoms. The summed E-state index contributed by atoms with van der Waals surface area (Å²) in [6.45, 7) is 23.0. The molecule has 5 aromatic heterocycles. The number of piperidine rings is 3. The second-order valence-corrected chi connectivity index (χ2v) is 38.1. The number of pyridine rings is 2. The molecule has 2 amide bonds. The van der Waals surface area contributed by atoms with Crippen molar-refractivity contribution in [3.63, 3.8) is 0 Å². The van der Waals surface area contributed by atoms with E-state index in [2.05, 4.69) is 113 Å². The number of hydrogen-bond donors (Lipinski definition) is 4. The van der Waals surface area contributed by atoms with Crippen molar-refractivity contribution < 1.29 is 59.5 Å². The van der Waals surface area contributed by atoms with Gasteiger partial charge < -0.3 is 53.3 Å². The zero-order chi connectivity index (χ0) is 88.8. The number of benzene rings is 6.